The third-order valence-electron chi connectivity index (χ3n) is 6.57. The molecule has 0 bridgehead atoms. The minimum Gasteiger partial charge on any atom is -0.295 e. The Kier molecular flexibility index (Phi) is 7.10. The first-order valence-electron chi connectivity index (χ1n) is 11.3. The van der Waals surface area contributed by atoms with Gasteiger partial charge in [0, 0.05) is 42.3 Å². The zero-order chi connectivity index (χ0) is 22.7. The van der Waals surface area contributed by atoms with Crippen LogP contribution >= 0.6 is 11.6 Å². The Morgan fingerprint density at radius 1 is 0.875 bits per heavy atom. The third kappa shape index (κ3) is 4.96. The minimum atomic E-state index is 0.1000. The van der Waals surface area contributed by atoms with Gasteiger partial charge in [-0.1, -0.05) is 84.4 Å². The Hall–Kier alpha value is -2.46. The van der Waals surface area contributed by atoms with E-state index in [1.807, 2.05) is 24.3 Å². The lowest BCUT2D eigenvalue weighted by Gasteiger charge is -2.47. The highest BCUT2D eigenvalue weighted by Gasteiger charge is 2.34. The summed E-state index contributed by atoms with van der Waals surface area (Å²) in [6, 6.07) is 27.9. The number of benzene rings is 3. The van der Waals surface area contributed by atoms with Gasteiger partial charge in [0.2, 0.25) is 0 Å². The van der Waals surface area contributed by atoms with Gasteiger partial charge in [-0.3, -0.25) is 14.6 Å². The van der Waals surface area contributed by atoms with E-state index in [9.17, 15) is 4.79 Å². The third-order valence-corrected chi connectivity index (χ3v) is 6.94. The molecule has 3 nitrogen and oxygen atoms in total. The molecule has 4 rings (SSSR count). The highest BCUT2D eigenvalue weighted by atomic mass is 35.5. The SMILES string of the molecule is CC(=O)c1ccc([C@H](c2ccccc2)N2C[C@@H](C)N(Cc3ccccc3Cl)C[C@@H]2C)cc1. The Morgan fingerprint density at radius 3 is 2.16 bits per heavy atom. The lowest BCUT2D eigenvalue weighted by Crippen LogP contribution is -2.56. The Morgan fingerprint density at radius 2 is 1.50 bits per heavy atom. The summed E-state index contributed by atoms with van der Waals surface area (Å²) in [5, 5.41) is 0.836. The second-order valence-electron chi connectivity index (χ2n) is 8.91. The smallest absolute Gasteiger partial charge is 0.159 e. The lowest BCUT2D eigenvalue weighted by atomic mass is 9.92. The van der Waals surface area contributed by atoms with Crippen molar-refractivity contribution in [2.45, 2.75) is 45.4 Å². The first-order chi connectivity index (χ1) is 15.4. The highest BCUT2D eigenvalue weighted by molar-refractivity contribution is 6.31. The molecule has 4 heteroatoms. The van der Waals surface area contributed by atoms with Gasteiger partial charge >= 0.3 is 0 Å². The largest absolute Gasteiger partial charge is 0.295 e. The summed E-state index contributed by atoms with van der Waals surface area (Å²) in [4.78, 5) is 16.9. The van der Waals surface area contributed by atoms with Gasteiger partial charge in [0.05, 0.1) is 6.04 Å². The molecule has 1 saturated heterocycles. The van der Waals surface area contributed by atoms with Crippen LogP contribution in [0.2, 0.25) is 5.02 Å². The number of carbonyl (C=O) groups is 1. The van der Waals surface area contributed by atoms with Crippen molar-refractivity contribution in [3.05, 3.63) is 106 Å². The predicted molar refractivity (Wildman–Crippen MR) is 132 cm³/mol. The fourth-order valence-corrected chi connectivity index (χ4v) is 4.96. The summed E-state index contributed by atoms with van der Waals surface area (Å²) >= 11 is 6.44. The van der Waals surface area contributed by atoms with Crippen LogP contribution < -0.4 is 0 Å². The monoisotopic (exact) mass is 446 g/mol. The Labute approximate surface area is 196 Å². The quantitative estimate of drug-likeness (QED) is 0.419. The van der Waals surface area contributed by atoms with Crippen LogP contribution in [0.4, 0.5) is 0 Å². The molecule has 3 aromatic rings. The van der Waals surface area contributed by atoms with Gasteiger partial charge in [-0.25, -0.2) is 0 Å². The van der Waals surface area contributed by atoms with Gasteiger partial charge in [-0.2, -0.15) is 0 Å². The molecule has 1 aliphatic rings. The van der Waals surface area contributed by atoms with E-state index in [1.54, 1.807) is 6.92 Å². The average molecular weight is 447 g/mol. The molecule has 3 aromatic carbocycles. The molecular formula is C28H31ClN2O. The molecule has 0 aliphatic carbocycles. The summed E-state index contributed by atoms with van der Waals surface area (Å²) in [7, 11) is 0. The van der Waals surface area contributed by atoms with Crippen molar-refractivity contribution >= 4 is 17.4 Å². The Balaban J connectivity index is 1.61. The fourth-order valence-electron chi connectivity index (χ4n) is 4.76. The van der Waals surface area contributed by atoms with Crippen molar-refractivity contribution in [1.82, 2.24) is 9.80 Å². The molecule has 0 aromatic heterocycles. The number of hydrogen-bond donors (Lipinski definition) is 0. The number of hydrogen-bond acceptors (Lipinski definition) is 3. The van der Waals surface area contributed by atoms with E-state index in [2.05, 4.69) is 78.2 Å². The molecule has 1 aliphatic heterocycles. The molecular weight excluding hydrogens is 416 g/mol. The van der Waals surface area contributed by atoms with Crippen LogP contribution in [0.3, 0.4) is 0 Å². The maximum absolute atomic E-state index is 11.8. The molecule has 0 unspecified atom stereocenters. The molecule has 0 amide bonds. The van der Waals surface area contributed by atoms with Crippen LogP contribution in [0, 0.1) is 0 Å². The van der Waals surface area contributed by atoms with Crippen molar-refractivity contribution in [3.63, 3.8) is 0 Å². The minimum absolute atomic E-state index is 0.1000. The standard InChI is InChI=1S/C28H31ClN2O/c1-20-18-31(21(2)17-30(20)19-26-11-7-8-12-27(26)29)28(24-9-5-4-6-10-24)25-15-13-23(14-16-25)22(3)32/h4-16,20-21,28H,17-19H2,1-3H3/t20-,21+,28+/m1/s1. The topological polar surface area (TPSA) is 23.6 Å². The van der Waals surface area contributed by atoms with E-state index < -0.39 is 0 Å². The van der Waals surface area contributed by atoms with Gasteiger partial charge in [0.25, 0.3) is 0 Å². The van der Waals surface area contributed by atoms with Crippen LogP contribution in [0.25, 0.3) is 0 Å². The van der Waals surface area contributed by atoms with Gasteiger partial charge in [-0.15, -0.1) is 0 Å². The first kappa shape index (κ1) is 22.7. The van der Waals surface area contributed by atoms with Gasteiger partial charge < -0.3 is 0 Å². The molecule has 32 heavy (non-hydrogen) atoms. The van der Waals surface area contributed by atoms with Crippen molar-refractivity contribution in [1.29, 1.82) is 0 Å². The van der Waals surface area contributed by atoms with Crippen molar-refractivity contribution in [3.8, 4) is 0 Å². The summed E-state index contributed by atoms with van der Waals surface area (Å²) in [6.45, 7) is 9.02. The Bertz CT molecular complexity index is 1050. The number of piperazine rings is 1. The summed E-state index contributed by atoms with van der Waals surface area (Å²) in [6.07, 6.45) is 0. The zero-order valence-corrected chi connectivity index (χ0v) is 19.8. The van der Waals surface area contributed by atoms with Crippen LogP contribution in [0.15, 0.2) is 78.9 Å². The highest BCUT2D eigenvalue weighted by Crippen LogP contribution is 2.34. The number of ketones is 1. The van der Waals surface area contributed by atoms with Gasteiger partial charge in [-0.05, 0) is 43.5 Å². The van der Waals surface area contributed by atoms with E-state index in [0.29, 0.717) is 12.1 Å². The molecule has 0 spiro atoms. The van der Waals surface area contributed by atoms with E-state index in [4.69, 9.17) is 11.6 Å². The lowest BCUT2D eigenvalue weighted by molar-refractivity contribution is 0.0195. The van der Waals surface area contributed by atoms with Gasteiger partial charge in [0.15, 0.2) is 5.78 Å². The van der Waals surface area contributed by atoms with Crippen LogP contribution in [0.5, 0.6) is 0 Å². The summed E-state index contributed by atoms with van der Waals surface area (Å²) < 4.78 is 0. The summed E-state index contributed by atoms with van der Waals surface area (Å²) in [5.74, 6) is 0.1000. The van der Waals surface area contributed by atoms with Crippen molar-refractivity contribution in [2.75, 3.05) is 13.1 Å². The van der Waals surface area contributed by atoms with Crippen LogP contribution in [0.1, 0.15) is 53.9 Å². The number of Topliss-reactive ketones (excluding diaryl/α,β-unsaturated/α-hetero) is 1. The zero-order valence-electron chi connectivity index (χ0n) is 19.0. The molecule has 0 N–H and O–H groups in total. The van der Waals surface area contributed by atoms with E-state index in [0.717, 1.165) is 30.2 Å². The summed E-state index contributed by atoms with van der Waals surface area (Å²) in [5.41, 5.74) is 4.44. The number of carbonyl (C=O) groups excluding carboxylic acids is 1. The maximum Gasteiger partial charge on any atom is 0.159 e. The molecule has 0 saturated carbocycles. The van der Waals surface area contributed by atoms with Crippen molar-refractivity contribution in [2.24, 2.45) is 0 Å². The first-order valence-corrected chi connectivity index (χ1v) is 11.7. The second-order valence-corrected chi connectivity index (χ2v) is 9.31. The molecule has 3 atom stereocenters. The van der Waals surface area contributed by atoms with Crippen molar-refractivity contribution < 1.29 is 4.79 Å². The van der Waals surface area contributed by atoms with Crippen LogP contribution in [-0.2, 0) is 6.54 Å². The maximum atomic E-state index is 11.8. The van der Waals surface area contributed by atoms with E-state index in [1.165, 1.54) is 16.7 Å². The van der Waals surface area contributed by atoms with E-state index >= 15 is 0 Å². The van der Waals surface area contributed by atoms with Gasteiger partial charge in [0.1, 0.15) is 0 Å². The predicted octanol–water partition coefficient (Wildman–Crippen LogP) is 6.23. The average Bonchev–Trinajstić information content (AvgIpc) is 2.79. The molecule has 166 valence electrons. The molecule has 1 heterocycles. The number of rotatable bonds is 6. The number of nitrogens with zero attached hydrogens (tertiary/aromatic N) is 2. The van der Waals surface area contributed by atoms with E-state index in [-0.39, 0.29) is 11.8 Å². The fraction of sp³-hybridized carbons (Fsp3) is 0.321. The normalized spacial score (nSPS) is 20.8. The second kappa shape index (κ2) is 9.99. The number of halogens is 1. The van der Waals surface area contributed by atoms with Crippen LogP contribution in [-0.4, -0.2) is 40.8 Å². The molecule has 1 fully saturated rings. The molecule has 0 radical (unpaired) electrons.